The largest absolute Gasteiger partial charge is 0.480 e. The summed E-state index contributed by atoms with van der Waals surface area (Å²) in [6.07, 6.45) is 5.14. The summed E-state index contributed by atoms with van der Waals surface area (Å²) in [6.45, 7) is 1.58. The van der Waals surface area contributed by atoms with Gasteiger partial charge in [-0.2, -0.15) is 0 Å². The smallest absolute Gasteiger partial charge is 0.320 e. The number of aliphatic carboxylic acids is 1. The predicted molar refractivity (Wildman–Crippen MR) is 55.7 cm³/mol. The van der Waals surface area contributed by atoms with Crippen LogP contribution in [0.2, 0.25) is 0 Å². The standard InChI is InChI=1S/C11H19NO3/c13-11(14)10(8-3-4-8)12-9-2-1-6-15-7-5-9/h8-10,12H,1-7H2,(H,13,14). The quantitative estimate of drug-likeness (QED) is 0.731. The highest BCUT2D eigenvalue weighted by atomic mass is 16.5. The number of rotatable bonds is 4. The fourth-order valence-electron chi connectivity index (χ4n) is 2.16. The van der Waals surface area contributed by atoms with Gasteiger partial charge in [0.25, 0.3) is 0 Å². The second-order valence-corrected chi connectivity index (χ2v) is 4.56. The van der Waals surface area contributed by atoms with Crippen LogP contribution in [-0.4, -0.2) is 36.4 Å². The molecule has 1 heterocycles. The maximum absolute atomic E-state index is 11.0. The molecule has 0 amide bonds. The minimum absolute atomic E-state index is 0.326. The maximum atomic E-state index is 11.0. The van der Waals surface area contributed by atoms with Crippen molar-refractivity contribution >= 4 is 5.97 Å². The summed E-state index contributed by atoms with van der Waals surface area (Å²) in [7, 11) is 0. The number of carboxylic acid groups (broad SMARTS) is 1. The highest BCUT2D eigenvalue weighted by Gasteiger charge is 2.37. The van der Waals surface area contributed by atoms with Crippen molar-refractivity contribution in [2.24, 2.45) is 5.92 Å². The second-order valence-electron chi connectivity index (χ2n) is 4.56. The minimum Gasteiger partial charge on any atom is -0.480 e. The van der Waals surface area contributed by atoms with E-state index in [1.807, 2.05) is 0 Å². The van der Waals surface area contributed by atoms with E-state index in [0.717, 1.165) is 45.3 Å². The lowest BCUT2D eigenvalue weighted by atomic mass is 10.1. The fraction of sp³-hybridized carbons (Fsp3) is 0.909. The minimum atomic E-state index is -0.692. The average Bonchev–Trinajstić information content (AvgIpc) is 3.02. The zero-order valence-electron chi connectivity index (χ0n) is 8.95. The van der Waals surface area contributed by atoms with Crippen molar-refractivity contribution in [2.75, 3.05) is 13.2 Å². The van der Waals surface area contributed by atoms with Crippen molar-refractivity contribution in [2.45, 2.75) is 44.2 Å². The van der Waals surface area contributed by atoms with Crippen LogP contribution in [0, 0.1) is 5.92 Å². The summed E-state index contributed by atoms with van der Waals surface area (Å²) in [5.74, 6) is -0.325. The first-order valence-electron chi connectivity index (χ1n) is 5.84. The van der Waals surface area contributed by atoms with E-state index in [2.05, 4.69) is 5.32 Å². The van der Waals surface area contributed by atoms with Crippen LogP contribution >= 0.6 is 0 Å². The van der Waals surface area contributed by atoms with Crippen molar-refractivity contribution in [3.63, 3.8) is 0 Å². The van der Waals surface area contributed by atoms with Gasteiger partial charge in [0.05, 0.1) is 0 Å². The summed E-state index contributed by atoms with van der Waals surface area (Å²) >= 11 is 0. The molecular formula is C11H19NO3. The monoisotopic (exact) mass is 213 g/mol. The normalized spacial score (nSPS) is 29.5. The molecule has 2 N–H and O–H groups in total. The summed E-state index contributed by atoms with van der Waals surface area (Å²) in [5.41, 5.74) is 0. The lowest BCUT2D eigenvalue weighted by Gasteiger charge is -2.21. The van der Waals surface area contributed by atoms with E-state index in [1.165, 1.54) is 0 Å². The lowest BCUT2D eigenvalue weighted by Crippen LogP contribution is -2.44. The summed E-state index contributed by atoms with van der Waals surface area (Å²) < 4.78 is 5.36. The predicted octanol–water partition coefficient (Wildman–Crippen LogP) is 1.01. The van der Waals surface area contributed by atoms with Gasteiger partial charge in [-0.1, -0.05) is 0 Å². The molecule has 0 radical (unpaired) electrons. The molecule has 1 aliphatic heterocycles. The Labute approximate surface area is 90.0 Å². The molecule has 1 saturated carbocycles. The molecule has 0 aromatic carbocycles. The van der Waals surface area contributed by atoms with E-state index in [4.69, 9.17) is 9.84 Å². The van der Waals surface area contributed by atoms with Gasteiger partial charge in [0.15, 0.2) is 0 Å². The molecule has 1 aliphatic carbocycles. The molecular weight excluding hydrogens is 194 g/mol. The maximum Gasteiger partial charge on any atom is 0.320 e. The highest BCUT2D eigenvalue weighted by molar-refractivity contribution is 5.74. The number of carbonyl (C=O) groups is 1. The SMILES string of the molecule is O=C(O)C(NC1CCCOCC1)C1CC1. The van der Waals surface area contributed by atoms with Crippen molar-refractivity contribution in [1.29, 1.82) is 0 Å². The van der Waals surface area contributed by atoms with E-state index in [0.29, 0.717) is 12.0 Å². The molecule has 0 bridgehead atoms. The molecule has 2 fully saturated rings. The molecule has 15 heavy (non-hydrogen) atoms. The summed E-state index contributed by atoms with van der Waals surface area (Å²) in [4.78, 5) is 11.0. The number of ether oxygens (including phenoxy) is 1. The van der Waals surface area contributed by atoms with E-state index in [-0.39, 0.29) is 6.04 Å². The van der Waals surface area contributed by atoms with Crippen LogP contribution in [0.15, 0.2) is 0 Å². The Bertz CT molecular complexity index is 220. The first kappa shape index (κ1) is 10.9. The third-order valence-corrected chi connectivity index (χ3v) is 3.23. The van der Waals surface area contributed by atoms with Gasteiger partial charge in [-0.3, -0.25) is 4.79 Å². The van der Waals surface area contributed by atoms with Crippen molar-refractivity contribution < 1.29 is 14.6 Å². The molecule has 2 rings (SSSR count). The molecule has 1 saturated heterocycles. The van der Waals surface area contributed by atoms with Crippen LogP contribution in [0.1, 0.15) is 32.1 Å². The van der Waals surface area contributed by atoms with Crippen LogP contribution in [0.4, 0.5) is 0 Å². The third-order valence-electron chi connectivity index (χ3n) is 3.23. The third kappa shape index (κ3) is 3.18. The summed E-state index contributed by atoms with van der Waals surface area (Å²) in [6, 6.07) is 0.00213. The second kappa shape index (κ2) is 4.94. The van der Waals surface area contributed by atoms with Crippen molar-refractivity contribution in [3.8, 4) is 0 Å². The van der Waals surface area contributed by atoms with Crippen molar-refractivity contribution in [3.05, 3.63) is 0 Å². The Morgan fingerprint density at radius 2 is 2.07 bits per heavy atom. The Balaban J connectivity index is 1.84. The van der Waals surface area contributed by atoms with Gasteiger partial charge in [0.1, 0.15) is 6.04 Å². The molecule has 4 nitrogen and oxygen atoms in total. The average molecular weight is 213 g/mol. The molecule has 2 aliphatic rings. The Kier molecular flexibility index (Phi) is 3.59. The first-order chi connectivity index (χ1) is 7.27. The highest BCUT2D eigenvalue weighted by Crippen LogP contribution is 2.33. The molecule has 2 atom stereocenters. The van der Waals surface area contributed by atoms with Gasteiger partial charge in [0, 0.05) is 19.3 Å². The van der Waals surface area contributed by atoms with Crippen LogP contribution in [0.25, 0.3) is 0 Å². The number of hydrogen-bond acceptors (Lipinski definition) is 3. The number of hydrogen-bond donors (Lipinski definition) is 2. The van der Waals surface area contributed by atoms with Crippen LogP contribution in [0.3, 0.4) is 0 Å². The molecule has 86 valence electrons. The van der Waals surface area contributed by atoms with Gasteiger partial charge in [-0.05, 0) is 38.0 Å². The first-order valence-corrected chi connectivity index (χ1v) is 5.84. The topological polar surface area (TPSA) is 58.6 Å². The van der Waals surface area contributed by atoms with Crippen LogP contribution in [-0.2, 0) is 9.53 Å². The lowest BCUT2D eigenvalue weighted by molar-refractivity contribution is -0.140. The zero-order chi connectivity index (χ0) is 10.7. The molecule has 0 aromatic rings. The van der Waals surface area contributed by atoms with Crippen molar-refractivity contribution in [1.82, 2.24) is 5.32 Å². The Morgan fingerprint density at radius 1 is 1.27 bits per heavy atom. The Hall–Kier alpha value is -0.610. The molecule has 4 heteroatoms. The van der Waals surface area contributed by atoms with Crippen LogP contribution < -0.4 is 5.32 Å². The Morgan fingerprint density at radius 3 is 2.73 bits per heavy atom. The molecule has 0 spiro atoms. The molecule has 0 aromatic heterocycles. The van der Waals surface area contributed by atoms with Gasteiger partial charge < -0.3 is 15.2 Å². The van der Waals surface area contributed by atoms with E-state index < -0.39 is 5.97 Å². The van der Waals surface area contributed by atoms with Gasteiger partial charge in [-0.25, -0.2) is 0 Å². The van der Waals surface area contributed by atoms with E-state index in [1.54, 1.807) is 0 Å². The van der Waals surface area contributed by atoms with E-state index >= 15 is 0 Å². The van der Waals surface area contributed by atoms with Gasteiger partial charge in [0.2, 0.25) is 0 Å². The number of nitrogens with one attached hydrogen (secondary N) is 1. The van der Waals surface area contributed by atoms with E-state index in [9.17, 15) is 4.79 Å². The fourth-order valence-corrected chi connectivity index (χ4v) is 2.16. The van der Waals surface area contributed by atoms with Crippen LogP contribution in [0.5, 0.6) is 0 Å². The van der Waals surface area contributed by atoms with Gasteiger partial charge in [-0.15, -0.1) is 0 Å². The zero-order valence-corrected chi connectivity index (χ0v) is 8.95. The van der Waals surface area contributed by atoms with Gasteiger partial charge >= 0.3 is 5.97 Å². The molecule has 2 unspecified atom stereocenters. The number of carboxylic acids is 1. The summed E-state index contributed by atoms with van der Waals surface area (Å²) in [5, 5.41) is 12.4.